The zero-order valence-corrected chi connectivity index (χ0v) is 11.5. The fourth-order valence-corrected chi connectivity index (χ4v) is 3.26. The van der Waals surface area contributed by atoms with E-state index in [2.05, 4.69) is 0 Å². The molecule has 1 heterocycles. The zero-order chi connectivity index (χ0) is 13.3. The third-order valence-corrected chi connectivity index (χ3v) is 4.53. The summed E-state index contributed by atoms with van der Waals surface area (Å²) in [6, 6.07) is 5.84. The molecule has 1 fully saturated rings. The largest absolute Gasteiger partial charge is 0.486 e. The number of rotatable bonds is 2. The van der Waals surface area contributed by atoms with Crippen molar-refractivity contribution in [3.8, 4) is 11.5 Å². The molecule has 1 aliphatic carbocycles. The van der Waals surface area contributed by atoms with Gasteiger partial charge in [-0.3, -0.25) is 0 Å². The van der Waals surface area contributed by atoms with Gasteiger partial charge in [-0.1, -0.05) is 25.3 Å². The van der Waals surface area contributed by atoms with Crippen LogP contribution >= 0.6 is 0 Å². The highest BCUT2D eigenvalue weighted by Crippen LogP contribution is 2.42. The van der Waals surface area contributed by atoms with Gasteiger partial charge in [0.15, 0.2) is 11.5 Å². The van der Waals surface area contributed by atoms with Crippen molar-refractivity contribution in [2.75, 3.05) is 13.2 Å². The summed E-state index contributed by atoms with van der Waals surface area (Å²) < 4.78 is 11.1. The molecule has 0 aromatic heterocycles. The Morgan fingerprint density at radius 3 is 2.47 bits per heavy atom. The highest BCUT2D eigenvalue weighted by molar-refractivity contribution is 5.45. The normalized spacial score (nSPS) is 22.8. The standard InChI is InChI=1S/C16H22O3/c1-16(17,12-5-3-2-4-6-12)13-7-8-14-15(11-13)19-10-9-18-14/h7-8,11-12,17H,2-6,9-10H2,1H3. The minimum absolute atomic E-state index is 0.351. The predicted octanol–water partition coefficient (Wildman–Crippen LogP) is 3.25. The third kappa shape index (κ3) is 2.44. The van der Waals surface area contributed by atoms with Crippen LogP contribution in [-0.4, -0.2) is 18.3 Å². The summed E-state index contributed by atoms with van der Waals surface area (Å²) in [5.41, 5.74) is 0.180. The molecule has 1 unspecified atom stereocenters. The Bertz CT molecular complexity index is 447. The van der Waals surface area contributed by atoms with Crippen LogP contribution < -0.4 is 9.47 Å². The SMILES string of the molecule is CC(O)(c1ccc2c(c1)OCCO2)C1CCCCC1. The number of benzene rings is 1. The summed E-state index contributed by atoms with van der Waals surface area (Å²) in [6.07, 6.45) is 5.98. The second-order valence-corrected chi connectivity index (χ2v) is 5.84. The van der Waals surface area contributed by atoms with E-state index < -0.39 is 5.60 Å². The fourth-order valence-electron chi connectivity index (χ4n) is 3.26. The first-order valence-corrected chi connectivity index (χ1v) is 7.30. The van der Waals surface area contributed by atoms with Crippen LogP contribution in [0.25, 0.3) is 0 Å². The van der Waals surface area contributed by atoms with Crippen molar-refractivity contribution < 1.29 is 14.6 Å². The Balaban J connectivity index is 1.87. The van der Waals surface area contributed by atoms with Crippen LogP contribution in [0, 0.1) is 5.92 Å². The molecule has 0 radical (unpaired) electrons. The number of ether oxygens (including phenoxy) is 2. The summed E-state index contributed by atoms with van der Waals surface area (Å²) in [6.45, 7) is 3.13. The molecule has 19 heavy (non-hydrogen) atoms. The molecule has 0 spiro atoms. The highest BCUT2D eigenvalue weighted by atomic mass is 16.6. The summed E-state index contributed by atoms with van der Waals surface area (Å²) in [5.74, 6) is 1.90. The molecule has 1 aromatic carbocycles. The van der Waals surface area contributed by atoms with Gasteiger partial charge in [0.05, 0.1) is 5.60 Å². The van der Waals surface area contributed by atoms with Gasteiger partial charge in [-0.15, -0.1) is 0 Å². The van der Waals surface area contributed by atoms with E-state index in [0.29, 0.717) is 19.1 Å². The first-order chi connectivity index (χ1) is 9.18. The maximum absolute atomic E-state index is 10.9. The quantitative estimate of drug-likeness (QED) is 0.889. The van der Waals surface area contributed by atoms with E-state index in [1.54, 1.807) is 0 Å². The molecule has 0 bridgehead atoms. The van der Waals surface area contributed by atoms with E-state index in [1.807, 2.05) is 25.1 Å². The van der Waals surface area contributed by atoms with Crippen LogP contribution in [0.3, 0.4) is 0 Å². The molecule has 104 valence electrons. The monoisotopic (exact) mass is 262 g/mol. The second-order valence-electron chi connectivity index (χ2n) is 5.84. The molecule has 1 aromatic rings. The minimum atomic E-state index is -0.768. The Kier molecular flexibility index (Phi) is 3.40. The Hall–Kier alpha value is -1.22. The van der Waals surface area contributed by atoms with Crippen molar-refractivity contribution in [3.05, 3.63) is 23.8 Å². The van der Waals surface area contributed by atoms with Crippen molar-refractivity contribution in [1.29, 1.82) is 0 Å². The van der Waals surface area contributed by atoms with E-state index in [4.69, 9.17) is 9.47 Å². The van der Waals surface area contributed by atoms with Gasteiger partial charge < -0.3 is 14.6 Å². The van der Waals surface area contributed by atoms with Gasteiger partial charge in [0.25, 0.3) is 0 Å². The molecule has 1 N–H and O–H groups in total. The average molecular weight is 262 g/mol. The van der Waals surface area contributed by atoms with Crippen LogP contribution in [0.5, 0.6) is 11.5 Å². The first kappa shape index (κ1) is 12.8. The number of fused-ring (bicyclic) bond motifs is 1. The van der Waals surface area contributed by atoms with E-state index in [1.165, 1.54) is 19.3 Å². The van der Waals surface area contributed by atoms with Crippen LogP contribution in [0.1, 0.15) is 44.6 Å². The van der Waals surface area contributed by atoms with Crippen LogP contribution in [-0.2, 0) is 5.60 Å². The van der Waals surface area contributed by atoms with E-state index >= 15 is 0 Å². The smallest absolute Gasteiger partial charge is 0.161 e. The molecule has 0 amide bonds. The lowest BCUT2D eigenvalue weighted by atomic mass is 9.74. The number of hydrogen-bond acceptors (Lipinski definition) is 3. The molecule has 1 saturated carbocycles. The van der Waals surface area contributed by atoms with Crippen molar-refractivity contribution in [3.63, 3.8) is 0 Å². The number of aliphatic hydroxyl groups is 1. The van der Waals surface area contributed by atoms with Crippen LogP contribution in [0.15, 0.2) is 18.2 Å². The van der Waals surface area contributed by atoms with Crippen molar-refractivity contribution in [2.24, 2.45) is 5.92 Å². The van der Waals surface area contributed by atoms with E-state index in [9.17, 15) is 5.11 Å². The van der Waals surface area contributed by atoms with Crippen LogP contribution in [0.4, 0.5) is 0 Å². The van der Waals surface area contributed by atoms with Gasteiger partial charge in [-0.05, 0) is 43.4 Å². The predicted molar refractivity (Wildman–Crippen MR) is 73.6 cm³/mol. The Morgan fingerprint density at radius 2 is 1.74 bits per heavy atom. The number of hydrogen-bond donors (Lipinski definition) is 1. The molecule has 3 heteroatoms. The molecule has 0 saturated heterocycles. The van der Waals surface area contributed by atoms with Gasteiger partial charge >= 0.3 is 0 Å². The lowest BCUT2D eigenvalue weighted by Crippen LogP contribution is -2.33. The van der Waals surface area contributed by atoms with Crippen molar-refractivity contribution in [1.82, 2.24) is 0 Å². The maximum Gasteiger partial charge on any atom is 0.161 e. The average Bonchev–Trinajstić information content (AvgIpc) is 2.47. The van der Waals surface area contributed by atoms with Gasteiger partial charge in [-0.2, -0.15) is 0 Å². The van der Waals surface area contributed by atoms with Crippen molar-refractivity contribution in [2.45, 2.75) is 44.6 Å². The third-order valence-electron chi connectivity index (χ3n) is 4.53. The molecule has 3 nitrogen and oxygen atoms in total. The topological polar surface area (TPSA) is 38.7 Å². The molecule has 1 aliphatic heterocycles. The minimum Gasteiger partial charge on any atom is -0.486 e. The summed E-state index contributed by atoms with van der Waals surface area (Å²) in [5, 5.41) is 10.9. The lowest BCUT2D eigenvalue weighted by Gasteiger charge is -2.36. The fraction of sp³-hybridized carbons (Fsp3) is 0.625. The molecule has 3 rings (SSSR count). The molecule has 2 aliphatic rings. The van der Waals surface area contributed by atoms with Crippen molar-refractivity contribution >= 4 is 0 Å². The van der Waals surface area contributed by atoms with Crippen LogP contribution in [0.2, 0.25) is 0 Å². The summed E-state index contributed by atoms with van der Waals surface area (Å²) >= 11 is 0. The second kappa shape index (κ2) is 5.04. The van der Waals surface area contributed by atoms with E-state index in [0.717, 1.165) is 29.9 Å². The van der Waals surface area contributed by atoms with Gasteiger partial charge in [0.1, 0.15) is 13.2 Å². The Morgan fingerprint density at radius 1 is 1.05 bits per heavy atom. The summed E-state index contributed by atoms with van der Waals surface area (Å²) in [4.78, 5) is 0. The lowest BCUT2D eigenvalue weighted by molar-refractivity contribution is -0.0218. The highest BCUT2D eigenvalue weighted by Gasteiger charge is 2.35. The summed E-state index contributed by atoms with van der Waals surface area (Å²) in [7, 11) is 0. The van der Waals surface area contributed by atoms with Gasteiger partial charge in [0.2, 0.25) is 0 Å². The van der Waals surface area contributed by atoms with E-state index in [-0.39, 0.29) is 0 Å². The first-order valence-electron chi connectivity index (χ1n) is 7.30. The zero-order valence-electron chi connectivity index (χ0n) is 11.5. The molecular weight excluding hydrogens is 240 g/mol. The van der Waals surface area contributed by atoms with Gasteiger partial charge in [-0.25, -0.2) is 0 Å². The Labute approximate surface area is 114 Å². The molecular formula is C16H22O3. The molecule has 1 atom stereocenters. The maximum atomic E-state index is 10.9. The van der Waals surface area contributed by atoms with Gasteiger partial charge in [0, 0.05) is 0 Å².